The molecule has 0 N–H and O–H groups in total. The van der Waals surface area contributed by atoms with Crippen molar-refractivity contribution in [1.82, 2.24) is 14.9 Å². The first-order valence-corrected chi connectivity index (χ1v) is 9.41. The Morgan fingerprint density at radius 1 is 1.32 bits per heavy atom. The number of aryl methyl sites for hydroxylation is 1. The molecule has 1 aliphatic rings. The predicted octanol–water partition coefficient (Wildman–Crippen LogP) is 3.59. The van der Waals surface area contributed by atoms with Crippen LogP contribution in [0.5, 0.6) is 5.75 Å². The second-order valence-corrected chi connectivity index (χ2v) is 7.01. The van der Waals surface area contributed by atoms with E-state index in [1.807, 2.05) is 24.3 Å². The highest BCUT2D eigenvalue weighted by molar-refractivity contribution is 5.92. The molecule has 3 heterocycles. The maximum atomic E-state index is 12.7. The van der Waals surface area contributed by atoms with E-state index in [-0.39, 0.29) is 11.8 Å². The minimum absolute atomic E-state index is 0.0762. The van der Waals surface area contributed by atoms with E-state index < -0.39 is 0 Å². The number of amides is 1. The molecule has 1 aromatic carbocycles. The first kappa shape index (κ1) is 18.3. The van der Waals surface area contributed by atoms with E-state index in [4.69, 9.17) is 13.6 Å². The third-order valence-electron chi connectivity index (χ3n) is 5.13. The number of hydrogen-bond donors (Lipinski definition) is 0. The van der Waals surface area contributed by atoms with E-state index >= 15 is 0 Å². The molecule has 1 fully saturated rings. The van der Waals surface area contributed by atoms with Crippen LogP contribution in [-0.4, -0.2) is 41.0 Å². The number of oxazole rings is 2. The summed E-state index contributed by atoms with van der Waals surface area (Å²) >= 11 is 0. The van der Waals surface area contributed by atoms with Gasteiger partial charge in [-0.15, -0.1) is 0 Å². The molecule has 0 bridgehead atoms. The molecule has 0 radical (unpaired) electrons. The number of carbonyl (C=O) groups excluding carboxylic acids is 1. The van der Waals surface area contributed by atoms with Crippen molar-refractivity contribution in [2.24, 2.45) is 0 Å². The van der Waals surface area contributed by atoms with Crippen LogP contribution < -0.4 is 4.74 Å². The number of aromatic nitrogens is 2. The molecule has 0 aliphatic carbocycles. The molecule has 1 atom stereocenters. The number of piperidine rings is 1. The smallest absolute Gasteiger partial charge is 0.291 e. The van der Waals surface area contributed by atoms with Gasteiger partial charge < -0.3 is 18.5 Å². The zero-order valence-corrected chi connectivity index (χ0v) is 16.1. The normalized spacial score (nSPS) is 16.9. The highest BCUT2D eigenvalue weighted by Gasteiger charge is 2.30. The molecule has 3 aromatic rings. The fraction of sp³-hybridized carbons (Fsp3) is 0.381. The summed E-state index contributed by atoms with van der Waals surface area (Å²) in [4.78, 5) is 23.0. The molecule has 1 amide bonds. The first-order chi connectivity index (χ1) is 13.7. The molecule has 1 aliphatic heterocycles. The summed E-state index contributed by atoms with van der Waals surface area (Å²) in [6, 6.07) is 7.87. The number of likely N-dealkylation sites (tertiary alicyclic amines) is 1. The highest BCUT2D eigenvalue weighted by Crippen LogP contribution is 2.29. The molecule has 7 nitrogen and oxygen atoms in total. The van der Waals surface area contributed by atoms with E-state index in [9.17, 15) is 4.79 Å². The van der Waals surface area contributed by atoms with Crippen LogP contribution in [-0.2, 0) is 6.42 Å². The quantitative estimate of drug-likeness (QED) is 0.672. The Labute approximate surface area is 163 Å². The molecule has 4 rings (SSSR count). The van der Waals surface area contributed by atoms with E-state index in [0.29, 0.717) is 36.9 Å². The van der Waals surface area contributed by atoms with E-state index in [1.165, 1.54) is 6.39 Å². The van der Waals surface area contributed by atoms with Gasteiger partial charge in [0.2, 0.25) is 5.76 Å². The average molecular weight is 381 g/mol. The zero-order valence-electron chi connectivity index (χ0n) is 16.1. The molecule has 146 valence electrons. The lowest BCUT2D eigenvalue weighted by Crippen LogP contribution is -2.39. The predicted molar refractivity (Wildman–Crippen MR) is 101 cm³/mol. The largest absolute Gasteiger partial charge is 0.496 e. The van der Waals surface area contributed by atoms with Gasteiger partial charge in [-0.25, -0.2) is 9.97 Å². The zero-order chi connectivity index (χ0) is 19.5. The van der Waals surface area contributed by atoms with Crippen LogP contribution in [0.25, 0.3) is 0 Å². The first-order valence-electron chi connectivity index (χ1n) is 9.41. The molecule has 2 aromatic heterocycles. The number of methoxy groups -OCH3 is 1. The molecular formula is C21H23N3O4. The second kappa shape index (κ2) is 7.88. The number of carbonyl (C=O) groups is 1. The lowest BCUT2D eigenvalue weighted by Gasteiger charge is -2.30. The number of ether oxygens (including phenoxy) is 1. The van der Waals surface area contributed by atoms with Crippen LogP contribution in [0.4, 0.5) is 0 Å². The molecule has 0 unspecified atom stereocenters. The molecule has 28 heavy (non-hydrogen) atoms. The average Bonchev–Trinajstić information content (AvgIpc) is 3.37. The monoisotopic (exact) mass is 381 g/mol. The maximum absolute atomic E-state index is 12.7. The van der Waals surface area contributed by atoms with Gasteiger partial charge in [-0.3, -0.25) is 4.79 Å². The third kappa shape index (κ3) is 3.65. The molecule has 0 saturated carbocycles. The number of rotatable bonds is 5. The third-order valence-corrected chi connectivity index (χ3v) is 5.13. The number of nitrogens with zero attached hydrogens (tertiary/aromatic N) is 3. The minimum atomic E-state index is -0.125. The molecule has 0 spiro atoms. The van der Waals surface area contributed by atoms with Crippen LogP contribution in [0.15, 0.2) is 45.7 Å². The van der Waals surface area contributed by atoms with Crippen molar-refractivity contribution in [2.45, 2.75) is 32.1 Å². The molecular weight excluding hydrogens is 358 g/mol. The van der Waals surface area contributed by atoms with E-state index in [1.54, 1.807) is 25.1 Å². The summed E-state index contributed by atoms with van der Waals surface area (Å²) in [5.74, 6) is 2.56. The van der Waals surface area contributed by atoms with Gasteiger partial charge >= 0.3 is 0 Å². The summed E-state index contributed by atoms with van der Waals surface area (Å²) in [5, 5.41) is 0. The Kier molecular flexibility index (Phi) is 5.14. The standard InChI is InChI=1S/C21H23N3O4/c1-14-19(27-13-23-14)21(25)24-9-5-7-16(12-24)20-22-11-17(28-20)10-15-6-3-4-8-18(15)26-2/h3-4,6,8,11,13,16H,5,7,9-10,12H2,1-2H3/t16-/m1/s1. The lowest BCUT2D eigenvalue weighted by atomic mass is 9.97. The molecule has 1 saturated heterocycles. The van der Waals surface area contributed by atoms with Gasteiger partial charge in [0.25, 0.3) is 5.91 Å². The van der Waals surface area contributed by atoms with Crippen molar-refractivity contribution in [3.8, 4) is 5.75 Å². The van der Waals surface area contributed by atoms with E-state index in [0.717, 1.165) is 29.9 Å². The Hall–Kier alpha value is -3.09. The van der Waals surface area contributed by atoms with Gasteiger partial charge in [0, 0.05) is 25.1 Å². The van der Waals surface area contributed by atoms with Crippen molar-refractivity contribution in [3.05, 3.63) is 65.5 Å². The Bertz CT molecular complexity index is 962. The number of para-hydroxylation sites is 1. The number of benzene rings is 1. The van der Waals surface area contributed by atoms with E-state index in [2.05, 4.69) is 9.97 Å². The SMILES string of the molecule is COc1ccccc1Cc1cnc([C@@H]2CCCN(C(=O)c3ocnc3C)C2)o1. The van der Waals surface area contributed by atoms with Gasteiger partial charge in [-0.1, -0.05) is 18.2 Å². The Morgan fingerprint density at radius 3 is 2.96 bits per heavy atom. The van der Waals surface area contributed by atoms with Crippen molar-refractivity contribution < 1.29 is 18.4 Å². The lowest BCUT2D eigenvalue weighted by molar-refractivity contribution is 0.0664. The van der Waals surface area contributed by atoms with Crippen LogP contribution in [0.2, 0.25) is 0 Å². The van der Waals surface area contributed by atoms with Crippen LogP contribution in [0, 0.1) is 6.92 Å². The van der Waals surface area contributed by atoms with Crippen LogP contribution in [0.3, 0.4) is 0 Å². The van der Waals surface area contributed by atoms with Crippen molar-refractivity contribution >= 4 is 5.91 Å². The Balaban J connectivity index is 1.46. The Morgan fingerprint density at radius 2 is 2.18 bits per heavy atom. The molecule has 7 heteroatoms. The summed E-state index contributed by atoms with van der Waals surface area (Å²) in [5.41, 5.74) is 1.66. The summed E-state index contributed by atoms with van der Waals surface area (Å²) < 4.78 is 16.7. The fourth-order valence-corrected chi connectivity index (χ4v) is 3.64. The maximum Gasteiger partial charge on any atom is 0.291 e. The second-order valence-electron chi connectivity index (χ2n) is 7.01. The van der Waals surface area contributed by atoms with Gasteiger partial charge in [-0.2, -0.15) is 0 Å². The number of hydrogen-bond acceptors (Lipinski definition) is 6. The van der Waals surface area contributed by atoms with Crippen molar-refractivity contribution in [3.63, 3.8) is 0 Å². The van der Waals surface area contributed by atoms with Crippen molar-refractivity contribution in [1.29, 1.82) is 0 Å². The van der Waals surface area contributed by atoms with Crippen LogP contribution in [0.1, 0.15) is 52.2 Å². The van der Waals surface area contributed by atoms with Gasteiger partial charge in [0.15, 0.2) is 12.3 Å². The van der Waals surface area contributed by atoms with Gasteiger partial charge in [0.1, 0.15) is 11.5 Å². The summed E-state index contributed by atoms with van der Waals surface area (Å²) in [6.45, 7) is 3.04. The van der Waals surface area contributed by atoms with Crippen LogP contribution >= 0.6 is 0 Å². The van der Waals surface area contributed by atoms with Gasteiger partial charge in [-0.05, 0) is 25.8 Å². The summed E-state index contributed by atoms with van der Waals surface area (Å²) in [7, 11) is 1.66. The summed E-state index contributed by atoms with van der Waals surface area (Å²) in [6.07, 6.45) is 5.52. The highest BCUT2D eigenvalue weighted by atomic mass is 16.5. The van der Waals surface area contributed by atoms with Crippen molar-refractivity contribution in [2.75, 3.05) is 20.2 Å². The topological polar surface area (TPSA) is 81.6 Å². The fourth-order valence-electron chi connectivity index (χ4n) is 3.64. The minimum Gasteiger partial charge on any atom is -0.496 e. The van der Waals surface area contributed by atoms with Gasteiger partial charge in [0.05, 0.1) is 24.9 Å².